The van der Waals surface area contributed by atoms with Gasteiger partial charge in [-0.2, -0.15) is 8.78 Å². The van der Waals surface area contributed by atoms with Gasteiger partial charge in [-0.25, -0.2) is 9.88 Å². The Balaban J connectivity index is 2.21. The molecule has 28 heavy (non-hydrogen) atoms. The lowest BCUT2D eigenvalue weighted by atomic mass is 9.82. The molecule has 0 bridgehead atoms. The number of nitrogens with two attached hydrogens (primary N) is 1. The zero-order valence-corrected chi connectivity index (χ0v) is 16.0. The van der Waals surface area contributed by atoms with Crippen molar-refractivity contribution in [3.63, 3.8) is 0 Å². The predicted molar refractivity (Wildman–Crippen MR) is 100 cm³/mol. The third kappa shape index (κ3) is 3.12. The van der Waals surface area contributed by atoms with Gasteiger partial charge in [0.1, 0.15) is 11.6 Å². The summed E-state index contributed by atoms with van der Waals surface area (Å²) in [5, 5.41) is 0. The van der Waals surface area contributed by atoms with E-state index in [2.05, 4.69) is 14.7 Å². The number of hydrogen-bond donors (Lipinski definition) is 2. The summed E-state index contributed by atoms with van der Waals surface area (Å²) in [5.74, 6) is 0.615. The number of nitrogens with zero attached hydrogens (tertiary/aromatic N) is 3. The maximum Gasteiger partial charge on any atom is 0.387 e. The highest BCUT2D eigenvalue weighted by Crippen LogP contribution is 2.33. The molecule has 0 fully saturated rings. The van der Waals surface area contributed by atoms with Crippen molar-refractivity contribution in [2.45, 2.75) is 19.1 Å². The maximum absolute atomic E-state index is 13.3. The van der Waals surface area contributed by atoms with Gasteiger partial charge in [0, 0.05) is 31.4 Å². The Morgan fingerprint density at radius 3 is 2.46 bits per heavy atom. The highest BCUT2D eigenvalue weighted by atomic mass is 19.3. The average Bonchev–Trinajstić information content (AvgIpc) is 2.88. The van der Waals surface area contributed by atoms with Crippen molar-refractivity contribution in [2.24, 2.45) is 5.73 Å². The topological polar surface area (TPSA) is 85.7 Å². The van der Waals surface area contributed by atoms with Crippen molar-refractivity contribution in [3.05, 3.63) is 53.2 Å². The number of rotatable bonds is 5. The van der Waals surface area contributed by atoms with Gasteiger partial charge in [0.2, 0.25) is 5.54 Å². The molecule has 0 saturated heterocycles. The Kier molecular flexibility index (Phi) is 4.93. The number of nitrogens with one attached hydrogen (secondary N) is 1. The van der Waals surface area contributed by atoms with Gasteiger partial charge in [0.05, 0.1) is 7.05 Å². The Morgan fingerprint density at radius 2 is 1.93 bits per heavy atom. The van der Waals surface area contributed by atoms with E-state index in [1.807, 2.05) is 19.0 Å². The SMILES string of the molecule is Cc1cc(C2(c3ccnc(N(C)C)c3)[NH+]=C(N)N(C)C2=O)ccc1OC(F)F. The van der Waals surface area contributed by atoms with Crippen LogP contribution < -0.4 is 20.4 Å². The molecule has 0 aliphatic carbocycles. The van der Waals surface area contributed by atoms with Crippen molar-refractivity contribution in [3.8, 4) is 5.75 Å². The first-order chi connectivity index (χ1) is 13.2. The van der Waals surface area contributed by atoms with E-state index in [9.17, 15) is 13.6 Å². The van der Waals surface area contributed by atoms with Gasteiger partial charge in [-0.05, 0) is 36.8 Å². The van der Waals surface area contributed by atoms with Crippen molar-refractivity contribution < 1.29 is 23.3 Å². The number of likely N-dealkylation sites (N-methyl/N-ethyl adjacent to an activating group) is 1. The second kappa shape index (κ2) is 7.06. The van der Waals surface area contributed by atoms with Gasteiger partial charge >= 0.3 is 18.5 Å². The molecule has 0 spiro atoms. The fourth-order valence-corrected chi connectivity index (χ4v) is 3.26. The zero-order valence-electron chi connectivity index (χ0n) is 16.0. The normalized spacial score (nSPS) is 19.2. The van der Waals surface area contributed by atoms with Gasteiger partial charge in [0.25, 0.3) is 0 Å². The fourth-order valence-electron chi connectivity index (χ4n) is 3.26. The molecule has 1 aromatic heterocycles. The van der Waals surface area contributed by atoms with E-state index < -0.39 is 12.2 Å². The number of halogens is 2. The molecule has 148 valence electrons. The summed E-state index contributed by atoms with van der Waals surface area (Å²) in [4.78, 5) is 23.8. The lowest BCUT2D eigenvalue weighted by molar-refractivity contribution is -0.525. The molecule has 2 aromatic rings. The highest BCUT2D eigenvalue weighted by molar-refractivity contribution is 6.03. The summed E-state index contributed by atoms with van der Waals surface area (Å²) >= 11 is 0. The van der Waals surface area contributed by atoms with Crippen LogP contribution in [0.2, 0.25) is 0 Å². The van der Waals surface area contributed by atoms with Crippen LogP contribution in [-0.2, 0) is 10.3 Å². The lowest BCUT2D eigenvalue weighted by Gasteiger charge is -2.25. The number of aromatic nitrogens is 1. The number of benzene rings is 1. The second-order valence-corrected chi connectivity index (χ2v) is 6.78. The van der Waals surface area contributed by atoms with E-state index >= 15 is 0 Å². The summed E-state index contributed by atoms with van der Waals surface area (Å²) in [5.41, 5.74) is 6.37. The summed E-state index contributed by atoms with van der Waals surface area (Å²) in [7, 11) is 5.26. The van der Waals surface area contributed by atoms with Crippen LogP contribution in [0.5, 0.6) is 5.75 Å². The van der Waals surface area contributed by atoms with Crippen LogP contribution in [0.1, 0.15) is 16.7 Å². The zero-order chi connectivity index (χ0) is 20.6. The number of amides is 1. The standard InChI is InChI=1S/C19H21F2N5O2/c1-11-9-12(5-6-14(11)28-17(20)21)19(16(27)26(4)18(22)24-19)13-7-8-23-15(10-13)25(2)3/h5-10,17H,1-4H3,(H2,22,24)/p+1. The minimum absolute atomic E-state index is 0.0494. The Morgan fingerprint density at radius 1 is 1.25 bits per heavy atom. The molecule has 1 atom stereocenters. The molecule has 9 heteroatoms. The third-order valence-corrected chi connectivity index (χ3v) is 4.76. The van der Waals surface area contributed by atoms with Crippen LogP contribution in [-0.4, -0.2) is 49.5 Å². The molecule has 1 unspecified atom stereocenters. The van der Waals surface area contributed by atoms with E-state index in [0.717, 1.165) is 0 Å². The molecule has 1 amide bonds. The molecular formula is C19H22F2N5O2+. The van der Waals surface area contributed by atoms with Crippen molar-refractivity contribution in [2.75, 3.05) is 26.0 Å². The molecule has 7 nitrogen and oxygen atoms in total. The number of guanidine groups is 1. The molecule has 1 aliphatic rings. The Hall–Kier alpha value is -3.23. The van der Waals surface area contributed by atoms with Crippen LogP contribution in [0.3, 0.4) is 0 Å². The summed E-state index contributed by atoms with van der Waals surface area (Å²) < 4.78 is 29.7. The van der Waals surface area contributed by atoms with Gasteiger partial charge in [-0.15, -0.1) is 0 Å². The molecule has 3 rings (SSSR count). The smallest absolute Gasteiger partial charge is 0.387 e. The van der Waals surface area contributed by atoms with Crippen molar-refractivity contribution in [1.29, 1.82) is 0 Å². The van der Waals surface area contributed by atoms with Crippen LogP contribution in [0, 0.1) is 6.92 Å². The van der Waals surface area contributed by atoms with E-state index in [1.54, 1.807) is 44.4 Å². The number of ether oxygens (including phenoxy) is 1. The molecule has 1 aliphatic heterocycles. The number of carbonyl (C=O) groups is 1. The van der Waals surface area contributed by atoms with Crippen LogP contribution >= 0.6 is 0 Å². The van der Waals surface area contributed by atoms with Gasteiger partial charge in [-0.1, -0.05) is 6.07 Å². The Bertz CT molecular complexity index is 948. The maximum atomic E-state index is 13.3. The first kappa shape index (κ1) is 19.5. The summed E-state index contributed by atoms with van der Waals surface area (Å²) in [6.07, 6.45) is 1.61. The highest BCUT2D eigenvalue weighted by Gasteiger charge is 2.54. The average molecular weight is 390 g/mol. The van der Waals surface area contributed by atoms with Gasteiger partial charge < -0.3 is 9.64 Å². The lowest BCUT2D eigenvalue weighted by Crippen LogP contribution is -2.85. The Labute approximate surface area is 161 Å². The molecule has 1 aromatic carbocycles. The number of carbonyl (C=O) groups excluding carboxylic acids is 1. The van der Waals surface area contributed by atoms with Gasteiger partial charge in [-0.3, -0.25) is 15.5 Å². The molecule has 0 radical (unpaired) electrons. The number of pyridine rings is 1. The first-order valence-electron chi connectivity index (χ1n) is 8.55. The van der Waals surface area contributed by atoms with E-state index in [1.165, 1.54) is 11.0 Å². The quantitative estimate of drug-likeness (QED) is 0.760. The molecule has 0 saturated carbocycles. The minimum atomic E-state index is -2.93. The number of aryl methyl sites for hydroxylation is 1. The first-order valence-corrected chi connectivity index (χ1v) is 8.55. The molecule has 3 N–H and O–H groups in total. The fraction of sp³-hybridized carbons (Fsp3) is 0.316. The molecule has 2 heterocycles. The largest absolute Gasteiger partial charge is 0.435 e. The predicted octanol–water partition coefficient (Wildman–Crippen LogP) is 0.168. The third-order valence-electron chi connectivity index (χ3n) is 4.76. The van der Waals surface area contributed by atoms with Crippen LogP contribution in [0.25, 0.3) is 0 Å². The van der Waals surface area contributed by atoms with Crippen molar-refractivity contribution >= 4 is 17.7 Å². The number of anilines is 1. The number of hydrogen-bond acceptors (Lipinski definition) is 5. The number of alkyl halides is 2. The van der Waals surface area contributed by atoms with E-state index in [-0.39, 0.29) is 17.6 Å². The van der Waals surface area contributed by atoms with E-state index in [4.69, 9.17) is 5.73 Å². The van der Waals surface area contributed by atoms with Crippen LogP contribution in [0.4, 0.5) is 14.6 Å². The second-order valence-electron chi connectivity index (χ2n) is 6.78. The minimum Gasteiger partial charge on any atom is -0.435 e. The van der Waals surface area contributed by atoms with Crippen molar-refractivity contribution in [1.82, 2.24) is 9.88 Å². The summed E-state index contributed by atoms with van der Waals surface area (Å²) in [6.45, 7) is -1.29. The van der Waals surface area contributed by atoms with Crippen LogP contribution in [0.15, 0.2) is 36.5 Å². The van der Waals surface area contributed by atoms with E-state index in [0.29, 0.717) is 22.5 Å². The molecular weight excluding hydrogens is 368 g/mol. The van der Waals surface area contributed by atoms with Gasteiger partial charge in [0.15, 0.2) is 0 Å². The summed E-state index contributed by atoms with van der Waals surface area (Å²) in [6, 6.07) is 8.16. The monoisotopic (exact) mass is 390 g/mol.